The van der Waals surface area contributed by atoms with Crippen molar-refractivity contribution in [1.82, 2.24) is 0 Å². The quantitative estimate of drug-likeness (QED) is 0.532. The molecule has 1 atom stereocenters. The molecule has 0 aromatic heterocycles. The average molecular weight is 148 g/mol. The molecule has 1 unspecified atom stereocenters. The van der Waals surface area contributed by atoms with Crippen molar-refractivity contribution in [2.75, 3.05) is 6.61 Å². The number of carbonyl (C=O) groups excluding carboxylic acids is 1. The lowest BCUT2D eigenvalue weighted by atomic mass is 9.99. The lowest BCUT2D eigenvalue weighted by Gasteiger charge is -2.16. The zero-order valence-electron chi connectivity index (χ0n) is 6.10. The van der Waals surface area contributed by atoms with Crippen LogP contribution in [0.25, 0.3) is 0 Å². The smallest absolute Gasteiger partial charge is 0.319 e. The molecule has 0 radical (unpaired) electrons. The Balaban J connectivity index is 3.39. The number of ether oxygens (including phenoxy) is 1. The van der Waals surface area contributed by atoms with Gasteiger partial charge in [0.15, 0.2) is 0 Å². The van der Waals surface area contributed by atoms with Crippen molar-refractivity contribution in [2.24, 2.45) is 5.41 Å². The van der Waals surface area contributed by atoms with Gasteiger partial charge in [-0.15, -0.1) is 0 Å². The van der Waals surface area contributed by atoms with Gasteiger partial charge in [0, 0.05) is 0 Å². The van der Waals surface area contributed by atoms with Crippen LogP contribution in [0, 0.1) is 5.41 Å². The summed E-state index contributed by atoms with van der Waals surface area (Å²) in [6.07, 6.45) is 0. The topological polar surface area (TPSA) is 26.3 Å². The molecule has 0 aromatic rings. The van der Waals surface area contributed by atoms with E-state index in [1.165, 1.54) is 0 Å². The van der Waals surface area contributed by atoms with E-state index in [2.05, 4.69) is 0 Å². The molecule has 0 aromatic carbocycles. The summed E-state index contributed by atoms with van der Waals surface area (Å²) in [7, 11) is 1.98. The van der Waals surface area contributed by atoms with Crippen LogP contribution in [0.15, 0.2) is 0 Å². The molecule has 0 heterocycles. The maximum Gasteiger partial charge on any atom is 0.319 e. The van der Waals surface area contributed by atoms with Gasteiger partial charge in [0.05, 0.1) is 6.61 Å². The Hall–Kier alpha value is -0.100. The highest BCUT2D eigenvalue weighted by Crippen LogP contribution is 2.13. The number of rotatable bonds is 1. The molecule has 0 rings (SSSR count). The first kappa shape index (κ1) is 8.90. The predicted molar refractivity (Wildman–Crippen MR) is 40.5 cm³/mol. The normalized spacial score (nSPS) is 11.1. The molecule has 3 heteroatoms. The van der Waals surface area contributed by atoms with Crippen LogP contribution in [0.1, 0.15) is 20.8 Å². The van der Waals surface area contributed by atoms with Crippen molar-refractivity contribution in [2.45, 2.75) is 20.8 Å². The van der Waals surface area contributed by atoms with Gasteiger partial charge in [-0.2, -0.15) is 0 Å². The molecular weight excluding hydrogens is 135 g/mol. The van der Waals surface area contributed by atoms with Crippen LogP contribution in [0.2, 0.25) is 0 Å². The second kappa shape index (κ2) is 3.17. The van der Waals surface area contributed by atoms with Crippen LogP contribution in [0.5, 0.6) is 0 Å². The standard InChI is InChI=1S/C6H13O2P/c1-6(2,3)4-8-5(7)9/h4,9H2,1-3H3. The molecule has 0 bridgehead atoms. The molecular formula is C6H13O2P. The third-order valence-electron chi connectivity index (χ3n) is 0.647. The Kier molecular flexibility index (Phi) is 3.13. The Morgan fingerprint density at radius 2 is 2.00 bits per heavy atom. The molecule has 0 saturated carbocycles. The largest absolute Gasteiger partial charge is 0.462 e. The van der Waals surface area contributed by atoms with Crippen LogP contribution in [-0.2, 0) is 4.74 Å². The highest BCUT2D eigenvalue weighted by molar-refractivity contribution is 7.39. The molecule has 0 amide bonds. The summed E-state index contributed by atoms with van der Waals surface area (Å²) in [5, 5.41) is 0. The van der Waals surface area contributed by atoms with Gasteiger partial charge < -0.3 is 4.74 Å². The average Bonchev–Trinajstić information content (AvgIpc) is 1.59. The minimum atomic E-state index is -0.287. The van der Waals surface area contributed by atoms with E-state index in [1.807, 2.05) is 30.0 Å². The summed E-state index contributed by atoms with van der Waals surface area (Å²) in [4.78, 5) is 10.2. The SMILES string of the molecule is CC(C)(C)COC(=O)P. The van der Waals surface area contributed by atoms with E-state index in [0.29, 0.717) is 6.61 Å². The second-order valence-electron chi connectivity index (χ2n) is 3.17. The molecule has 0 saturated heterocycles. The van der Waals surface area contributed by atoms with Gasteiger partial charge in [0.25, 0.3) is 0 Å². The zero-order chi connectivity index (χ0) is 7.49. The van der Waals surface area contributed by atoms with Crippen LogP contribution in [-0.4, -0.2) is 12.3 Å². The van der Waals surface area contributed by atoms with Gasteiger partial charge in [-0.25, -0.2) is 4.79 Å². The van der Waals surface area contributed by atoms with E-state index in [9.17, 15) is 4.79 Å². The first-order chi connectivity index (χ1) is 3.92. The van der Waals surface area contributed by atoms with E-state index < -0.39 is 0 Å². The van der Waals surface area contributed by atoms with E-state index in [0.717, 1.165) is 0 Å². The van der Waals surface area contributed by atoms with E-state index in [1.54, 1.807) is 0 Å². The predicted octanol–water partition coefficient (Wildman–Crippen LogP) is 2.04. The summed E-state index contributed by atoms with van der Waals surface area (Å²) in [5.74, 6) is 0. The fourth-order valence-corrected chi connectivity index (χ4v) is 0.371. The van der Waals surface area contributed by atoms with E-state index in [4.69, 9.17) is 4.74 Å². The third kappa shape index (κ3) is 7.90. The summed E-state index contributed by atoms with van der Waals surface area (Å²) >= 11 is 0. The van der Waals surface area contributed by atoms with E-state index >= 15 is 0 Å². The Morgan fingerprint density at radius 3 is 2.11 bits per heavy atom. The monoisotopic (exact) mass is 148 g/mol. The molecule has 0 N–H and O–H groups in total. The van der Waals surface area contributed by atoms with Crippen LogP contribution in [0.4, 0.5) is 4.79 Å². The molecule has 54 valence electrons. The van der Waals surface area contributed by atoms with Gasteiger partial charge in [0.1, 0.15) is 0 Å². The van der Waals surface area contributed by atoms with E-state index in [-0.39, 0.29) is 11.1 Å². The zero-order valence-corrected chi connectivity index (χ0v) is 7.26. The van der Waals surface area contributed by atoms with Crippen molar-refractivity contribution >= 4 is 15.0 Å². The van der Waals surface area contributed by atoms with Crippen molar-refractivity contribution in [3.8, 4) is 0 Å². The Bertz CT molecular complexity index is 104. The summed E-state index contributed by atoms with van der Waals surface area (Å²) < 4.78 is 4.73. The minimum Gasteiger partial charge on any atom is -0.462 e. The number of hydrogen-bond acceptors (Lipinski definition) is 2. The molecule has 0 fully saturated rings. The molecule has 9 heavy (non-hydrogen) atoms. The lowest BCUT2D eigenvalue weighted by molar-refractivity contribution is 0.129. The lowest BCUT2D eigenvalue weighted by Crippen LogP contribution is -2.15. The summed E-state index contributed by atoms with van der Waals surface area (Å²) in [6.45, 7) is 6.52. The van der Waals surface area contributed by atoms with Crippen molar-refractivity contribution in [3.05, 3.63) is 0 Å². The molecule has 0 aliphatic heterocycles. The highest BCUT2D eigenvalue weighted by atomic mass is 31.0. The van der Waals surface area contributed by atoms with Gasteiger partial charge in [-0.3, -0.25) is 0 Å². The van der Waals surface area contributed by atoms with Gasteiger partial charge in [-0.1, -0.05) is 20.8 Å². The van der Waals surface area contributed by atoms with Crippen molar-refractivity contribution < 1.29 is 9.53 Å². The van der Waals surface area contributed by atoms with Gasteiger partial charge in [0.2, 0.25) is 0 Å². The first-order valence-corrected chi connectivity index (χ1v) is 3.42. The van der Waals surface area contributed by atoms with Crippen molar-refractivity contribution in [1.29, 1.82) is 0 Å². The summed E-state index contributed by atoms with van der Waals surface area (Å²) in [5.41, 5.74) is -0.211. The molecule has 0 aliphatic rings. The summed E-state index contributed by atoms with van der Waals surface area (Å²) in [6, 6.07) is 0. The Labute approximate surface area is 58.2 Å². The fourth-order valence-electron chi connectivity index (χ4n) is 0.288. The number of carbonyl (C=O) groups is 1. The highest BCUT2D eigenvalue weighted by Gasteiger charge is 2.10. The van der Waals surface area contributed by atoms with Crippen LogP contribution < -0.4 is 0 Å². The van der Waals surface area contributed by atoms with Gasteiger partial charge in [-0.05, 0) is 14.7 Å². The van der Waals surface area contributed by atoms with Crippen LogP contribution in [0.3, 0.4) is 0 Å². The fraction of sp³-hybridized carbons (Fsp3) is 0.833. The third-order valence-corrected chi connectivity index (χ3v) is 0.814. The first-order valence-electron chi connectivity index (χ1n) is 2.84. The Morgan fingerprint density at radius 1 is 1.56 bits per heavy atom. The molecule has 0 aliphatic carbocycles. The maximum atomic E-state index is 10.2. The maximum absolute atomic E-state index is 10.2. The molecule has 2 nitrogen and oxygen atoms in total. The van der Waals surface area contributed by atoms with Crippen LogP contribution >= 0.6 is 9.24 Å². The number of hydrogen-bond donors (Lipinski definition) is 0. The minimum absolute atomic E-state index is 0.0756. The molecule has 0 spiro atoms. The van der Waals surface area contributed by atoms with Gasteiger partial charge >= 0.3 is 5.71 Å². The second-order valence-corrected chi connectivity index (χ2v) is 3.64. The van der Waals surface area contributed by atoms with Crippen molar-refractivity contribution in [3.63, 3.8) is 0 Å².